The summed E-state index contributed by atoms with van der Waals surface area (Å²) in [5.41, 5.74) is 0.387. The molecule has 2 N–H and O–H groups in total. The number of halogens is 1. The van der Waals surface area contributed by atoms with Gasteiger partial charge in [-0.2, -0.15) is 0 Å². The average Bonchev–Trinajstić information content (AvgIpc) is 2.58. The molecule has 0 aliphatic rings. The zero-order chi connectivity index (χ0) is 18.3. The molecule has 140 valence electrons. The van der Waals surface area contributed by atoms with Crippen molar-refractivity contribution in [2.24, 2.45) is 0 Å². The maximum atomic E-state index is 13.0. The lowest BCUT2D eigenvalue weighted by Gasteiger charge is -2.07. The predicted molar refractivity (Wildman–Crippen MR) is 99.9 cm³/mol. The van der Waals surface area contributed by atoms with Gasteiger partial charge in [0.15, 0.2) is 0 Å². The fraction of sp³-hybridized carbons (Fsp3) is 0.600. The maximum Gasteiger partial charge on any atom is 0.243 e. The third-order valence-corrected chi connectivity index (χ3v) is 4.06. The summed E-state index contributed by atoms with van der Waals surface area (Å²) in [6, 6.07) is 5.67. The Balaban J connectivity index is 2.00. The van der Waals surface area contributed by atoms with Crippen molar-refractivity contribution in [3.8, 4) is 0 Å². The number of benzene rings is 1. The molecular formula is C20H31FN2O2. The molecule has 0 saturated heterocycles. The predicted octanol–water partition coefficient (Wildman–Crippen LogP) is 4.80. The van der Waals surface area contributed by atoms with E-state index in [1.54, 1.807) is 6.07 Å². The molecule has 0 unspecified atom stereocenters. The third-order valence-electron chi connectivity index (χ3n) is 4.06. The Morgan fingerprint density at radius 2 is 1.56 bits per heavy atom. The molecule has 0 spiro atoms. The van der Waals surface area contributed by atoms with Gasteiger partial charge in [-0.05, 0) is 24.6 Å². The topological polar surface area (TPSA) is 58.2 Å². The van der Waals surface area contributed by atoms with E-state index in [1.807, 2.05) is 0 Å². The van der Waals surface area contributed by atoms with Crippen LogP contribution in [0.3, 0.4) is 0 Å². The van der Waals surface area contributed by atoms with E-state index in [9.17, 15) is 14.0 Å². The van der Waals surface area contributed by atoms with E-state index in [4.69, 9.17) is 0 Å². The smallest absolute Gasteiger partial charge is 0.243 e. The van der Waals surface area contributed by atoms with Crippen molar-refractivity contribution in [3.05, 3.63) is 30.1 Å². The molecule has 1 aromatic carbocycles. The number of hydrogen-bond donors (Lipinski definition) is 2. The molecule has 2 amide bonds. The Morgan fingerprint density at radius 1 is 0.920 bits per heavy atom. The van der Waals surface area contributed by atoms with Crippen LogP contribution in [-0.4, -0.2) is 18.4 Å². The van der Waals surface area contributed by atoms with Crippen LogP contribution in [0.1, 0.15) is 71.1 Å². The molecule has 0 atom stereocenters. The van der Waals surface area contributed by atoms with Crippen LogP contribution in [0, 0.1) is 5.82 Å². The highest BCUT2D eigenvalue weighted by Gasteiger charge is 2.06. The lowest BCUT2D eigenvalue weighted by Crippen LogP contribution is -2.32. The second-order valence-corrected chi connectivity index (χ2v) is 6.41. The number of carbonyl (C=O) groups excluding carboxylic acids is 2. The maximum absolute atomic E-state index is 13.0. The van der Waals surface area contributed by atoms with Crippen LogP contribution in [0.25, 0.3) is 0 Å². The van der Waals surface area contributed by atoms with Crippen molar-refractivity contribution < 1.29 is 14.0 Å². The number of nitrogens with one attached hydrogen (secondary N) is 2. The number of hydrogen-bond acceptors (Lipinski definition) is 2. The largest absolute Gasteiger partial charge is 0.347 e. The van der Waals surface area contributed by atoms with Gasteiger partial charge in [-0.3, -0.25) is 9.59 Å². The van der Waals surface area contributed by atoms with Crippen LogP contribution in [0.4, 0.5) is 10.1 Å². The fourth-order valence-corrected chi connectivity index (χ4v) is 2.63. The van der Waals surface area contributed by atoms with Crippen LogP contribution in [0.5, 0.6) is 0 Å². The second-order valence-electron chi connectivity index (χ2n) is 6.41. The molecule has 1 rings (SSSR count). The molecule has 1 aromatic rings. The SMILES string of the molecule is CCCCCCCCCCCC(=O)NCC(=O)Nc1cccc(F)c1. The van der Waals surface area contributed by atoms with Crippen molar-refractivity contribution in [3.63, 3.8) is 0 Å². The molecule has 0 fully saturated rings. The minimum atomic E-state index is -0.410. The Kier molecular flexibility index (Phi) is 11.3. The monoisotopic (exact) mass is 350 g/mol. The molecule has 0 aliphatic heterocycles. The average molecular weight is 350 g/mol. The van der Waals surface area contributed by atoms with Gasteiger partial charge in [0.05, 0.1) is 6.54 Å². The number of amides is 2. The van der Waals surface area contributed by atoms with Gasteiger partial charge in [0.2, 0.25) is 11.8 Å². The molecular weight excluding hydrogens is 319 g/mol. The molecule has 0 radical (unpaired) electrons. The van der Waals surface area contributed by atoms with Crippen LogP contribution in [-0.2, 0) is 9.59 Å². The number of anilines is 1. The molecule has 4 nitrogen and oxygen atoms in total. The Labute approximate surface area is 150 Å². The van der Waals surface area contributed by atoms with Crippen molar-refractivity contribution in [1.82, 2.24) is 5.32 Å². The summed E-state index contributed by atoms with van der Waals surface area (Å²) in [5, 5.41) is 5.15. The van der Waals surface area contributed by atoms with E-state index >= 15 is 0 Å². The van der Waals surface area contributed by atoms with Gasteiger partial charge in [0, 0.05) is 12.1 Å². The minimum Gasteiger partial charge on any atom is -0.347 e. The molecule has 0 bridgehead atoms. The standard InChI is InChI=1S/C20H31FN2O2/c1-2-3-4-5-6-7-8-9-10-14-19(24)22-16-20(25)23-18-13-11-12-17(21)15-18/h11-13,15H,2-10,14,16H2,1H3,(H,22,24)(H,23,25). The highest BCUT2D eigenvalue weighted by atomic mass is 19.1. The van der Waals surface area contributed by atoms with Crippen molar-refractivity contribution in [1.29, 1.82) is 0 Å². The van der Waals surface area contributed by atoms with Crippen LogP contribution < -0.4 is 10.6 Å². The zero-order valence-corrected chi connectivity index (χ0v) is 15.3. The van der Waals surface area contributed by atoms with Gasteiger partial charge in [0.25, 0.3) is 0 Å². The first-order valence-electron chi connectivity index (χ1n) is 9.44. The molecule has 0 aromatic heterocycles. The van der Waals surface area contributed by atoms with Gasteiger partial charge in [-0.1, -0.05) is 64.4 Å². The Hall–Kier alpha value is -1.91. The highest BCUT2D eigenvalue weighted by molar-refractivity contribution is 5.94. The van der Waals surface area contributed by atoms with Crippen molar-refractivity contribution in [2.75, 3.05) is 11.9 Å². The second kappa shape index (κ2) is 13.4. The highest BCUT2D eigenvalue weighted by Crippen LogP contribution is 2.10. The third kappa shape index (κ3) is 11.3. The van der Waals surface area contributed by atoms with E-state index in [-0.39, 0.29) is 18.4 Å². The quantitative estimate of drug-likeness (QED) is 0.502. The summed E-state index contributed by atoms with van der Waals surface area (Å²) in [7, 11) is 0. The first-order chi connectivity index (χ1) is 12.1. The van der Waals surface area contributed by atoms with Gasteiger partial charge in [-0.15, -0.1) is 0 Å². The van der Waals surface area contributed by atoms with E-state index in [0.29, 0.717) is 12.1 Å². The summed E-state index contributed by atoms with van der Waals surface area (Å²) in [5.74, 6) is -0.879. The van der Waals surface area contributed by atoms with Gasteiger partial charge in [-0.25, -0.2) is 4.39 Å². The van der Waals surface area contributed by atoms with E-state index in [1.165, 1.54) is 63.1 Å². The minimum absolute atomic E-state index is 0.0905. The van der Waals surface area contributed by atoms with Gasteiger partial charge in [0.1, 0.15) is 5.82 Å². The summed E-state index contributed by atoms with van der Waals surface area (Å²) >= 11 is 0. The van der Waals surface area contributed by atoms with Crippen LogP contribution in [0.15, 0.2) is 24.3 Å². The molecule has 25 heavy (non-hydrogen) atoms. The first kappa shape index (κ1) is 21.1. The summed E-state index contributed by atoms with van der Waals surface area (Å²) in [6.45, 7) is 2.13. The van der Waals surface area contributed by atoms with Gasteiger partial charge >= 0.3 is 0 Å². The Morgan fingerprint density at radius 3 is 2.20 bits per heavy atom. The number of carbonyl (C=O) groups is 2. The van der Waals surface area contributed by atoms with E-state index < -0.39 is 5.82 Å². The first-order valence-corrected chi connectivity index (χ1v) is 9.44. The molecule has 5 heteroatoms. The van der Waals surface area contributed by atoms with Gasteiger partial charge < -0.3 is 10.6 Å². The summed E-state index contributed by atoms with van der Waals surface area (Å²) < 4.78 is 13.0. The van der Waals surface area contributed by atoms with E-state index in [0.717, 1.165) is 12.8 Å². The normalized spacial score (nSPS) is 10.5. The molecule has 0 aliphatic carbocycles. The number of unbranched alkanes of at least 4 members (excludes halogenated alkanes) is 8. The lowest BCUT2D eigenvalue weighted by atomic mass is 10.1. The molecule has 0 heterocycles. The fourth-order valence-electron chi connectivity index (χ4n) is 2.63. The number of rotatable bonds is 13. The van der Waals surface area contributed by atoms with Crippen LogP contribution in [0.2, 0.25) is 0 Å². The summed E-state index contributed by atoms with van der Waals surface area (Å²) in [6.07, 6.45) is 11.3. The van der Waals surface area contributed by atoms with Crippen molar-refractivity contribution >= 4 is 17.5 Å². The van der Waals surface area contributed by atoms with Crippen LogP contribution >= 0.6 is 0 Å². The zero-order valence-electron chi connectivity index (χ0n) is 15.3. The van der Waals surface area contributed by atoms with Crippen molar-refractivity contribution in [2.45, 2.75) is 71.1 Å². The molecule has 0 saturated carbocycles. The summed E-state index contributed by atoms with van der Waals surface area (Å²) in [4.78, 5) is 23.4. The Bertz CT molecular complexity index is 520. The lowest BCUT2D eigenvalue weighted by molar-refractivity contribution is -0.124. The van der Waals surface area contributed by atoms with E-state index in [2.05, 4.69) is 17.6 Å².